The van der Waals surface area contributed by atoms with E-state index in [1.807, 2.05) is 0 Å². The second-order valence-electron chi connectivity index (χ2n) is 6.41. The third kappa shape index (κ3) is 3.59. The summed E-state index contributed by atoms with van der Waals surface area (Å²) in [6.45, 7) is 4.30. The minimum atomic E-state index is -0.174. The smallest absolute Gasteiger partial charge is 0.219 e. The number of carbonyl (C=O) groups is 2. The Kier molecular flexibility index (Phi) is 5.03. The van der Waals surface area contributed by atoms with Crippen LogP contribution in [-0.2, 0) is 4.79 Å². The molecule has 1 fully saturated rings. The summed E-state index contributed by atoms with van der Waals surface area (Å²) in [5.74, 6) is 0.787. The Morgan fingerprint density at radius 3 is 2.65 bits per heavy atom. The van der Waals surface area contributed by atoms with E-state index in [0.29, 0.717) is 35.0 Å². The predicted octanol–water partition coefficient (Wildman–Crippen LogP) is 3.00. The first kappa shape index (κ1) is 17.7. The van der Waals surface area contributed by atoms with Crippen LogP contribution in [0.3, 0.4) is 0 Å². The molecule has 1 N–H and O–H groups in total. The molecule has 1 amide bonds. The van der Waals surface area contributed by atoms with Gasteiger partial charge in [0.25, 0.3) is 0 Å². The van der Waals surface area contributed by atoms with Crippen molar-refractivity contribution in [1.82, 2.24) is 15.1 Å². The lowest BCUT2D eigenvalue weighted by atomic mass is 9.93. The molecule has 134 valence electrons. The fraction of sp³-hybridized carbons (Fsp3) is 0.368. The van der Waals surface area contributed by atoms with E-state index in [2.05, 4.69) is 16.3 Å². The molecular weight excluding hydrogens is 332 g/mol. The van der Waals surface area contributed by atoms with Crippen LogP contribution in [0.2, 0.25) is 0 Å². The van der Waals surface area contributed by atoms with Crippen molar-refractivity contribution in [2.24, 2.45) is 0 Å². The monoisotopic (exact) mass is 352 g/mol. The molecule has 7 heteroatoms. The largest absolute Gasteiger partial charge is 0.453 e. The number of aromatic amines is 1. The molecule has 3 rings (SSSR count). The van der Waals surface area contributed by atoms with Gasteiger partial charge in [-0.05, 0) is 37.1 Å². The molecule has 1 aromatic carbocycles. The number of nitriles is 1. The number of ketones is 1. The highest BCUT2D eigenvalue weighted by Gasteiger charge is 2.30. The first-order valence-corrected chi connectivity index (χ1v) is 8.52. The number of likely N-dealkylation sites (tertiary alicyclic amines) is 1. The molecule has 7 nitrogen and oxygen atoms in total. The maximum absolute atomic E-state index is 12.0. The number of Topliss-reactive ketones (excluding diaryl/α,β-unsaturated/α-hetero) is 1. The molecule has 0 spiro atoms. The average Bonchev–Trinajstić information content (AvgIpc) is 3.06. The number of hydrogen-bond acceptors (Lipinski definition) is 5. The van der Waals surface area contributed by atoms with E-state index < -0.39 is 0 Å². The van der Waals surface area contributed by atoms with Gasteiger partial charge in [0.05, 0.1) is 11.6 Å². The van der Waals surface area contributed by atoms with Crippen molar-refractivity contribution in [3.05, 3.63) is 41.2 Å². The number of benzene rings is 1. The highest BCUT2D eigenvalue weighted by atomic mass is 16.5. The fourth-order valence-electron chi connectivity index (χ4n) is 3.17. The minimum Gasteiger partial charge on any atom is -0.453 e. The molecule has 1 aliphatic rings. The highest BCUT2D eigenvalue weighted by molar-refractivity contribution is 5.95. The Balaban J connectivity index is 1.92. The first-order chi connectivity index (χ1) is 12.5. The van der Waals surface area contributed by atoms with Gasteiger partial charge in [-0.3, -0.25) is 14.7 Å². The Morgan fingerprint density at radius 1 is 1.31 bits per heavy atom. The summed E-state index contributed by atoms with van der Waals surface area (Å²) in [6.07, 6.45) is 1.75. The SMILES string of the molecule is CC(=O)c1[nH]nc(C2CCCN(C(C)=O)C2)c1Oc1ccc(C#N)cc1. The van der Waals surface area contributed by atoms with Crippen LogP contribution in [0.5, 0.6) is 11.5 Å². The molecule has 1 aromatic heterocycles. The molecule has 1 atom stereocenters. The normalized spacial score (nSPS) is 16.8. The number of nitrogens with one attached hydrogen (secondary N) is 1. The van der Waals surface area contributed by atoms with Crippen LogP contribution in [0.4, 0.5) is 0 Å². The van der Waals surface area contributed by atoms with Gasteiger partial charge in [0.15, 0.2) is 11.5 Å². The van der Waals surface area contributed by atoms with Gasteiger partial charge in [-0.2, -0.15) is 10.4 Å². The van der Waals surface area contributed by atoms with Crippen LogP contribution >= 0.6 is 0 Å². The van der Waals surface area contributed by atoms with Crippen LogP contribution in [0.15, 0.2) is 24.3 Å². The lowest BCUT2D eigenvalue weighted by molar-refractivity contribution is -0.130. The molecule has 0 saturated carbocycles. The Bertz CT molecular complexity index is 864. The van der Waals surface area contributed by atoms with E-state index in [1.165, 1.54) is 6.92 Å². The second kappa shape index (κ2) is 7.40. The highest BCUT2D eigenvalue weighted by Crippen LogP contribution is 2.36. The standard InChI is InChI=1S/C19H20N4O3/c1-12(24)17-19(26-16-7-5-14(10-20)6-8-16)18(22-21-17)15-4-3-9-23(11-15)13(2)25/h5-8,15H,3-4,9,11H2,1-2H3,(H,21,22). The quantitative estimate of drug-likeness (QED) is 0.853. The van der Waals surface area contributed by atoms with Gasteiger partial charge >= 0.3 is 0 Å². The van der Waals surface area contributed by atoms with Crippen LogP contribution < -0.4 is 4.74 Å². The van der Waals surface area contributed by atoms with E-state index in [0.717, 1.165) is 19.4 Å². The Hall–Kier alpha value is -3.14. The average molecular weight is 352 g/mol. The van der Waals surface area contributed by atoms with Crippen LogP contribution in [0, 0.1) is 11.3 Å². The van der Waals surface area contributed by atoms with Gasteiger partial charge in [0.1, 0.15) is 17.1 Å². The maximum atomic E-state index is 12.0. The zero-order valence-corrected chi connectivity index (χ0v) is 14.8. The number of hydrogen-bond donors (Lipinski definition) is 1. The van der Waals surface area contributed by atoms with E-state index >= 15 is 0 Å². The van der Waals surface area contributed by atoms with Crippen LogP contribution in [0.25, 0.3) is 0 Å². The van der Waals surface area contributed by atoms with Gasteiger partial charge in [-0.25, -0.2) is 0 Å². The summed E-state index contributed by atoms with van der Waals surface area (Å²) in [4.78, 5) is 25.5. The predicted molar refractivity (Wildman–Crippen MR) is 94.1 cm³/mol. The van der Waals surface area contributed by atoms with Crippen molar-refractivity contribution in [2.75, 3.05) is 13.1 Å². The van der Waals surface area contributed by atoms with Gasteiger partial charge in [-0.15, -0.1) is 0 Å². The first-order valence-electron chi connectivity index (χ1n) is 8.52. The molecule has 2 aromatic rings. The molecule has 0 radical (unpaired) electrons. The summed E-state index contributed by atoms with van der Waals surface area (Å²) in [7, 11) is 0. The summed E-state index contributed by atoms with van der Waals surface area (Å²) in [6, 6.07) is 8.73. The Labute approximate surface area is 151 Å². The minimum absolute atomic E-state index is 0.00498. The number of carbonyl (C=O) groups excluding carboxylic acids is 2. The molecule has 1 saturated heterocycles. The zero-order valence-electron chi connectivity index (χ0n) is 14.8. The van der Waals surface area contributed by atoms with Crippen molar-refractivity contribution >= 4 is 11.7 Å². The van der Waals surface area contributed by atoms with E-state index in [4.69, 9.17) is 10.00 Å². The summed E-state index contributed by atoms with van der Waals surface area (Å²) < 4.78 is 5.96. The zero-order chi connectivity index (χ0) is 18.7. The van der Waals surface area contributed by atoms with Crippen LogP contribution in [-0.4, -0.2) is 39.9 Å². The van der Waals surface area contributed by atoms with Gasteiger partial charge in [-0.1, -0.05) is 0 Å². The van der Waals surface area contributed by atoms with Crippen molar-refractivity contribution in [2.45, 2.75) is 32.6 Å². The lowest BCUT2D eigenvalue weighted by Gasteiger charge is -2.31. The lowest BCUT2D eigenvalue weighted by Crippen LogP contribution is -2.37. The third-order valence-corrected chi connectivity index (χ3v) is 4.56. The molecule has 0 aliphatic carbocycles. The number of nitrogens with zero attached hydrogens (tertiary/aromatic N) is 3. The number of aromatic nitrogens is 2. The number of ether oxygens (including phenoxy) is 1. The topological polar surface area (TPSA) is 99.1 Å². The molecule has 2 heterocycles. The fourth-order valence-corrected chi connectivity index (χ4v) is 3.17. The van der Waals surface area contributed by atoms with Gasteiger partial charge in [0.2, 0.25) is 5.91 Å². The molecule has 1 unspecified atom stereocenters. The summed E-state index contributed by atoms with van der Waals surface area (Å²) in [5.41, 5.74) is 1.50. The number of amides is 1. The molecule has 26 heavy (non-hydrogen) atoms. The van der Waals surface area contributed by atoms with Crippen molar-refractivity contribution in [3.63, 3.8) is 0 Å². The maximum Gasteiger partial charge on any atom is 0.219 e. The van der Waals surface area contributed by atoms with Crippen LogP contribution in [0.1, 0.15) is 54.4 Å². The van der Waals surface area contributed by atoms with Crippen molar-refractivity contribution in [1.29, 1.82) is 5.26 Å². The molecular formula is C19H20N4O3. The number of H-pyrrole nitrogens is 1. The second-order valence-corrected chi connectivity index (χ2v) is 6.41. The number of rotatable bonds is 4. The van der Waals surface area contributed by atoms with Gasteiger partial charge < -0.3 is 9.64 Å². The van der Waals surface area contributed by atoms with Gasteiger partial charge in [0, 0.05) is 32.9 Å². The molecule has 1 aliphatic heterocycles. The summed E-state index contributed by atoms with van der Waals surface area (Å²) >= 11 is 0. The third-order valence-electron chi connectivity index (χ3n) is 4.56. The molecule has 0 bridgehead atoms. The summed E-state index contributed by atoms with van der Waals surface area (Å²) in [5, 5.41) is 16.0. The number of piperidine rings is 1. The van der Waals surface area contributed by atoms with Crippen molar-refractivity contribution < 1.29 is 14.3 Å². The van der Waals surface area contributed by atoms with E-state index in [9.17, 15) is 9.59 Å². The van der Waals surface area contributed by atoms with Crippen molar-refractivity contribution in [3.8, 4) is 17.6 Å². The Morgan fingerprint density at radius 2 is 2.04 bits per heavy atom. The van der Waals surface area contributed by atoms with E-state index in [-0.39, 0.29) is 17.6 Å². The van der Waals surface area contributed by atoms with E-state index in [1.54, 1.807) is 36.1 Å².